The van der Waals surface area contributed by atoms with Crippen molar-refractivity contribution in [3.8, 4) is 0 Å². The number of piperidine rings is 1. The SMILES string of the molecule is O=C(CCC1CCCN(S(=O)(=O)c2ccccc2)C1)NCCCc1ccccc1. The fraction of sp³-hybridized carbons (Fsp3) is 0.435. The Morgan fingerprint density at radius 2 is 1.72 bits per heavy atom. The molecule has 1 N–H and O–H groups in total. The van der Waals surface area contributed by atoms with Gasteiger partial charge in [-0.05, 0) is 55.7 Å². The van der Waals surface area contributed by atoms with E-state index in [1.165, 1.54) is 5.56 Å². The van der Waals surface area contributed by atoms with Crippen LogP contribution in [0.25, 0.3) is 0 Å². The van der Waals surface area contributed by atoms with Crippen LogP contribution in [0.1, 0.15) is 37.7 Å². The Labute approximate surface area is 174 Å². The minimum absolute atomic E-state index is 0.0566. The molecule has 2 aromatic carbocycles. The van der Waals surface area contributed by atoms with E-state index >= 15 is 0 Å². The summed E-state index contributed by atoms with van der Waals surface area (Å²) in [5.74, 6) is 0.290. The summed E-state index contributed by atoms with van der Waals surface area (Å²) >= 11 is 0. The maximum absolute atomic E-state index is 12.8. The molecule has 3 rings (SSSR count). The minimum Gasteiger partial charge on any atom is -0.356 e. The molecule has 156 valence electrons. The molecular formula is C23H30N2O3S. The van der Waals surface area contributed by atoms with E-state index in [1.54, 1.807) is 28.6 Å². The summed E-state index contributed by atoms with van der Waals surface area (Å²) in [6.45, 7) is 1.73. The number of aryl methyl sites for hydroxylation is 1. The van der Waals surface area contributed by atoms with Gasteiger partial charge in [-0.3, -0.25) is 4.79 Å². The van der Waals surface area contributed by atoms with Crippen LogP contribution in [0.2, 0.25) is 0 Å². The summed E-state index contributed by atoms with van der Waals surface area (Å²) in [7, 11) is -3.44. The first-order valence-corrected chi connectivity index (χ1v) is 11.9. The number of benzene rings is 2. The minimum atomic E-state index is -3.44. The van der Waals surface area contributed by atoms with Gasteiger partial charge in [0.25, 0.3) is 0 Å². The van der Waals surface area contributed by atoms with Crippen molar-refractivity contribution in [2.24, 2.45) is 5.92 Å². The molecule has 0 radical (unpaired) electrons. The first-order valence-electron chi connectivity index (χ1n) is 10.4. The second kappa shape index (κ2) is 10.6. The lowest BCUT2D eigenvalue weighted by Gasteiger charge is -2.31. The molecule has 29 heavy (non-hydrogen) atoms. The van der Waals surface area contributed by atoms with Crippen molar-refractivity contribution in [3.05, 3.63) is 66.2 Å². The molecule has 6 heteroatoms. The Morgan fingerprint density at radius 1 is 1.03 bits per heavy atom. The number of nitrogens with one attached hydrogen (secondary N) is 1. The molecule has 1 saturated heterocycles. The number of rotatable bonds is 9. The van der Waals surface area contributed by atoms with E-state index in [9.17, 15) is 13.2 Å². The number of carbonyl (C=O) groups excluding carboxylic acids is 1. The molecule has 2 aromatic rings. The van der Waals surface area contributed by atoms with Gasteiger partial charge in [0.1, 0.15) is 0 Å². The molecule has 5 nitrogen and oxygen atoms in total. The van der Waals surface area contributed by atoms with Crippen LogP contribution in [-0.4, -0.2) is 38.3 Å². The zero-order valence-electron chi connectivity index (χ0n) is 16.8. The molecule has 1 atom stereocenters. The zero-order valence-corrected chi connectivity index (χ0v) is 17.6. The molecule has 1 fully saturated rings. The highest BCUT2D eigenvalue weighted by atomic mass is 32.2. The van der Waals surface area contributed by atoms with E-state index in [0.29, 0.717) is 31.0 Å². The van der Waals surface area contributed by atoms with E-state index in [2.05, 4.69) is 17.4 Å². The predicted octanol–water partition coefficient (Wildman–Crippen LogP) is 3.62. The molecule has 0 spiro atoms. The molecule has 1 aliphatic heterocycles. The van der Waals surface area contributed by atoms with E-state index in [-0.39, 0.29) is 11.8 Å². The number of hydrogen-bond donors (Lipinski definition) is 1. The van der Waals surface area contributed by atoms with Gasteiger partial charge in [-0.25, -0.2) is 8.42 Å². The van der Waals surface area contributed by atoms with Crippen molar-refractivity contribution in [2.45, 2.75) is 43.4 Å². The zero-order chi connectivity index (χ0) is 20.5. The monoisotopic (exact) mass is 414 g/mol. The van der Waals surface area contributed by atoms with Gasteiger partial charge < -0.3 is 5.32 Å². The van der Waals surface area contributed by atoms with Crippen molar-refractivity contribution < 1.29 is 13.2 Å². The average Bonchev–Trinajstić information content (AvgIpc) is 2.77. The molecule has 0 bridgehead atoms. The molecule has 0 aliphatic carbocycles. The topological polar surface area (TPSA) is 66.5 Å². The van der Waals surface area contributed by atoms with E-state index < -0.39 is 10.0 Å². The van der Waals surface area contributed by atoms with Gasteiger partial charge >= 0.3 is 0 Å². The molecule has 1 amide bonds. The van der Waals surface area contributed by atoms with Gasteiger partial charge in [0, 0.05) is 26.1 Å². The molecule has 1 unspecified atom stereocenters. The smallest absolute Gasteiger partial charge is 0.243 e. The van der Waals surface area contributed by atoms with Crippen molar-refractivity contribution in [3.63, 3.8) is 0 Å². The highest BCUT2D eigenvalue weighted by molar-refractivity contribution is 7.89. The summed E-state index contributed by atoms with van der Waals surface area (Å²) in [5, 5.41) is 2.99. The first-order chi connectivity index (χ1) is 14.1. The number of sulfonamides is 1. The van der Waals surface area contributed by atoms with Gasteiger partial charge in [-0.15, -0.1) is 0 Å². The van der Waals surface area contributed by atoms with Crippen LogP contribution in [0.3, 0.4) is 0 Å². The van der Waals surface area contributed by atoms with Gasteiger partial charge in [-0.1, -0.05) is 48.5 Å². The Kier molecular flexibility index (Phi) is 7.83. The number of carbonyl (C=O) groups is 1. The van der Waals surface area contributed by atoms with Crippen molar-refractivity contribution in [2.75, 3.05) is 19.6 Å². The Hall–Kier alpha value is -2.18. The highest BCUT2D eigenvalue weighted by Gasteiger charge is 2.30. The van der Waals surface area contributed by atoms with Crippen LogP contribution in [-0.2, 0) is 21.2 Å². The molecule has 1 aliphatic rings. The Balaban J connectivity index is 1.39. The fourth-order valence-electron chi connectivity index (χ4n) is 3.81. The normalized spacial score (nSPS) is 17.7. The summed E-state index contributed by atoms with van der Waals surface area (Å²) in [4.78, 5) is 12.5. The van der Waals surface area contributed by atoms with Crippen molar-refractivity contribution >= 4 is 15.9 Å². The van der Waals surface area contributed by atoms with Crippen LogP contribution in [0.5, 0.6) is 0 Å². The standard InChI is InChI=1S/C23H30N2O3S/c26-23(24-17-7-11-20-9-3-1-4-10-20)16-15-21-12-8-18-25(19-21)29(27,28)22-13-5-2-6-14-22/h1-6,9-10,13-14,21H,7-8,11-12,15-19H2,(H,24,26). The maximum Gasteiger partial charge on any atom is 0.243 e. The molecular weight excluding hydrogens is 384 g/mol. The third-order valence-corrected chi connectivity index (χ3v) is 7.33. The van der Waals surface area contributed by atoms with E-state index in [1.807, 2.05) is 24.3 Å². The number of amides is 1. The van der Waals surface area contributed by atoms with Gasteiger partial charge in [0.15, 0.2) is 0 Å². The van der Waals surface area contributed by atoms with Crippen molar-refractivity contribution in [1.82, 2.24) is 9.62 Å². The molecule has 0 aromatic heterocycles. The maximum atomic E-state index is 12.8. The Bertz CT molecular complexity index is 870. The van der Waals surface area contributed by atoms with Gasteiger partial charge in [-0.2, -0.15) is 4.31 Å². The van der Waals surface area contributed by atoms with Crippen LogP contribution < -0.4 is 5.32 Å². The lowest BCUT2D eigenvalue weighted by atomic mass is 9.94. The lowest BCUT2D eigenvalue weighted by Crippen LogP contribution is -2.40. The summed E-state index contributed by atoms with van der Waals surface area (Å²) in [5.41, 5.74) is 1.28. The quantitative estimate of drug-likeness (QED) is 0.638. The third-order valence-electron chi connectivity index (χ3n) is 5.45. The van der Waals surface area contributed by atoms with Crippen LogP contribution in [0, 0.1) is 5.92 Å². The average molecular weight is 415 g/mol. The van der Waals surface area contributed by atoms with Gasteiger partial charge in [0.05, 0.1) is 4.90 Å². The number of hydrogen-bond acceptors (Lipinski definition) is 3. The van der Waals surface area contributed by atoms with Crippen molar-refractivity contribution in [1.29, 1.82) is 0 Å². The second-order valence-corrected chi connectivity index (χ2v) is 9.60. The summed E-state index contributed by atoms with van der Waals surface area (Å²) < 4.78 is 27.2. The van der Waals surface area contributed by atoms with Gasteiger partial charge in [0.2, 0.25) is 15.9 Å². The van der Waals surface area contributed by atoms with E-state index in [0.717, 1.165) is 32.1 Å². The first kappa shape index (κ1) is 21.5. The van der Waals surface area contributed by atoms with Crippen LogP contribution in [0.4, 0.5) is 0 Å². The van der Waals surface area contributed by atoms with Crippen LogP contribution in [0.15, 0.2) is 65.6 Å². The molecule has 1 heterocycles. The molecule has 0 saturated carbocycles. The lowest BCUT2D eigenvalue weighted by molar-refractivity contribution is -0.121. The predicted molar refractivity (Wildman–Crippen MR) is 115 cm³/mol. The second-order valence-electron chi connectivity index (χ2n) is 7.66. The summed E-state index contributed by atoms with van der Waals surface area (Å²) in [6.07, 6.45) is 4.87. The largest absolute Gasteiger partial charge is 0.356 e. The third kappa shape index (κ3) is 6.41. The number of nitrogens with zero attached hydrogens (tertiary/aromatic N) is 1. The Morgan fingerprint density at radius 3 is 2.45 bits per heavy atom. The summed E-state index contributed by atoms with van der Waals surface area (Å²) in [6, 6.07) is 18.8. The highest BCUT2D eigenvalue weighted by Crippen LogP contribution is 2.26. The van der Waals surface area contributed by atoms with Crippen LogP contribution >= 0.6 is 0 Å². The fourth-order valence-corrected chi connectivity index (χ4v) is 5.39. The van der Waals surface area contributed by atoms with E-state index in [4.69, 9.17) is 0 Å².